The van der Waals surface area contributed by atoms with Crippen LogP contribution in [0.3, 0.4) is 0 Å². The molecule has 1 heteroatoms. The molecule has 0 atom stereocenters. The largest absolute Gasteiger partial charge is 0.0919 e. The summed E-state index contributed by atoms with van der Waals surface area (Å²) in [6.45, 7) is 16.7. The van der Waals surface area contributed by atoms with Crippen molar-refractivity contribution >= 4 is 8.07 Å². The van der Waals surface area contributed by atoms with E-state index in [9.17, 15) is 0 Å². The Kier molecular flexibility index (Phi) is 5.73. The van der Waals surface area contributed by atoms with Gasteiger partial charge in [-0.3, -0.25) is 0 Å². The number of hydrogen-bond donors (Lipinski definition) is 0. The van der Waals surface area contributed by atoms with E-state index < -0.39 is 8.07 Å². The van der Waals surface area contributed by atoms with Crippen molar-refractivity contribution in [1.82, 2.24) is 0 Å². The Balaban J connectivity index is 4.94. The molecule has 0 N–H and O–H groups in total. The van der Waals surface area contributed by atoms with Crippen molar-refractivity contribution in [1.29, 1.82) is 0 Å². The van der Waals surface area contributed by atoms with Gasteiger partial charge in [0.25, 0.3) is 0 Å². The first-order chi connectivity index (χ1) is 6.39. The van der Waals surface area contributed by atoms with Crippen LogP contribution in [0.4, 0.5) is 0 Å². The predicted molar refractivity (Wildman–Crippen MR) is 70.7 cm³/mol. The van der Waals surface area contributed by atoms with E-state index in [-0.39, 0.29) is 0 Å². The van der Waals surface area contributed by atoms with Crippen LogP contribution in [-0.2, 0) is 0 Å². The maximum atomic E-state index is 2.43. The lowest BCUT2D eigenvalue weighted by Crippen LogP contribution is -2.43. The highest BCUT2D eigenvalue weighted by Crippen LogP contribution is 2.44. The zero-order valence-electron chi connectivity index (χ0n) is 11.1. The summed E-state index contributed by atoms with van der Waals surface area (Å²) in [5.41, 5.74) is 2.66. The number of allylic oxidation sites excluding steroid dienone is 2. The van der Waals surface area contributed by atoms with Gasteiger partial charge in [0.1, 0.15) is 0 Å². The van der Waals surface area contributed by atoms with E-state index in [0.717, 1.165) is 16.6 Å². The van der Waals surface area contributed by atoms with Crippen molar-refractivity contribution in [3.63, 3.8) is 0 Å². The summed E-state index contributed by atoms with van der Waals surface area (Å²) in [6.07, 6.45) is 4.61. The Labute approximate surface area is 91.8 Å². The van der Waals surface area contributed by atoms with E-state index in [1.807, 2.05) is 0 Å². The van der Waals surface area contributed by atoms with Gasteiger partial charge >= 0.3 is 0 Å². The molecule has 0 aromatic carbocycles. The third kappa shape index (κ3) is 2.72. The Morgan fingerprint density at radius 3 is 1.43 bits per heavy atom. The molecule has 0 aliphatic rings. The number of rotatable bonds is 5. The summed E-state index contributed by atoms with van der Waals surface area (Å²) < 4.78 is 0. The molecular formula is C13H28Si. The molecule has 0 heterocycles. The lowest BCUT2D eigenvalue weighted by atomic mass is 10.5. The van der Waals surface area contributed by atoms with E-state index >= 15 is 0 Å². The first-order valence-corrected chi connectivity index (χ1v) is 8.44. The van der Waals surface area contributed by atoms with Gasteiger partial charge in [0.15, 0.2) is 0 Å². The Morgan fingerprint density at radius 2 is 1.21 bits per heavy atom. The summed E-state index contributed by atoms with van der Waals surface area (Å²) in [5.74, 6) is 0. The molecule has 0 aliphatic carbocycles. The summed E-state index contributed by atoms with van der Waals surface area (Å²) in [7, 11) is -1.14. The summed E-state index contributed by atoms with van der Waals surface area (Å²) in [6, 6.07) is 1.36. The van der Waals surface area contributed by atoms with Crippen LogP contribution in [0.25, 0.3) is 0 Å². The molecule has 0 saturated carbocycles. The fourth-order valence-electron chi connectivity index (χ4n) is 3.03. The topological polar surface area (TPSA) is 0 Å². The highest BCUT2D eigenvalue weighted by atomic mass is 28.3. The van der Waals surface area contributed by atoms with E-state index in [0.29, 0.717) is 0 Å². The molecule has 84 valence electrons. The third-order valence-electron chi connectivity index (χ3n) is 3.93. The predicted octanol–water partition coefficient (Wildman–Crippen LogP) is 5.24. The Bertz CT molecular complexity index is 156. The van der Waals surface area contributed by atoms with Gasteiger partial charge in [0.05, 0.1) is 8.07 Å². The zero-order valence-corrected chi connectivity index (χ0v) is 12.1. The van der Waals surface area contributed by atoms with Gasteiger partial charge in [-0.2, -0.15) is 0 Å². The van der Waals surface area contributed by atoms with Gasteiger partial charge in [-0.25, -0.2) is 0 Å². The third-order valence-corrected chi connectivity index (χ3v) is 11.3. The molecule has 0 amide bonds. The molecule has 0 aromatic heterocycles. The highest BCUT2D eigenvalue weighted by molar-refractivity contribution is 6.83. The van der Waals surface area contributed by atoms with Gasteiger partial charge in [-0.1, -0.05) is 70.3 Å². The van der Waals surface area contributed by atoms with Crippen molar-refractivity contribution < 1.29 is 0 Å². The van der Waals surface area contributed by atoms with Gasteiger partial charge < -0.3 is 0 Å². The van der Waals surface area contributed by atoms with Crippen molar-refractivity contribution in [3.05, 3.63) is 12.2 Å². The second-order valence-electron chi connectivity index (χ2n) is 5.35. The zero-order chi connectivity index (χ0) is 11.4. The van der Waals surface area contributed by atoms with Gasteiger partial charge in [0.2, 0.25) is 0 Å². The SMILES string of the molecule is CC=CC[Si](C(C)C)(C(C)C)C(C)C. The van der Waals surface area contributed by atoms with Gasteiger partial charge in [0, 0.05) is 0 Å². The van der Waals surface area contributed by atoms with E-state index in [1.54, 1.807) is 0 Å². The van der Waals surface area contributed by atoms with Crippen LogP contribution in [0.15, 0.2) is 12.2 Å². The maximum absolute atomic E-state index is 2.43. The summed E-state index contributed by atoms with van der Waals surface area (Å²) >= 11 is 0. The molecule has 0 unspecified atom stereocenters. The van der Waals surface area contributed by atoms with Crippen LogP contribution in [0.5, 0.6) is 0 Å². The average molecular weight is 212 g/mol. The second kappa shape index (κ2) is 5.74. The van der Waals surface area contributed by atoms with Crippen LogP contribution < -0.4 is 0 Å². The molecule has 0 aromatic rings. The molecule has 0 bridgehead atoms. The minimum atomic E-state index is -1.14. The monoisotopic (exact) mass is 212 g/mol. The smallest absolute Gasteiger partial charge is 0.0650 e. The molecule has 0 spiro atoms. The Morgan fingerprint density at radius 1 is 0.857 bits per heavy atom. The van der Waals surface area contributed by atoms with Crippen LogP contribution in [0.1, 0.15) is 48.5 Å². The standard InChI is InChI=1S/C13H28Si/c1-8-9-10-14(11(2)3,12(4)5)13(6)7/h8-9,11-13H,10H2,1-7H3. The lowest BCUT2D eigenvalue weighted by molar-refractivity contribution is 0.811. The minimum absolute atomic E-state index is 0.888. The van der Waals surface area contributed by atoms with Crippen molar-refractivity contribution in [3.8, 4) is 0 Å². The maximum Gasteiger partial charge on any atom is 0.0650 e. The molecule has 0 aliphatic heterocycles. The van der Waals surface area contributed by atoms with Crippen LogP contribution in [-0.4, -0.2) is 8.07 Å². The fourth-order valence-corrected chi connectivity index (χ4v) is 9.09. The lowest BCUT2D eigenvalue weighted by Gasteiger charge is -2.42. The van der Waals surface area contributed by atoms with Crippen molar-refractivity contribution in [2.45, 2.75) is 71.1 Å². The molecule has 0 rings (SSSR count). The normalized spacial score (nSPS) is 13.9. The molecule has 0 saturated heterocycles. The first-order valence-electron chi connectivity index (χ1n) is 6.00. The highest BCUT2D eigenvalue weighted by Gasteiger charge is 2.40. The van der Waals surface area contributed by atoms with Crippen LogP contribution >= 0.6 is 0 Å². The molecule has 0 fully saturated rings. The van der Waals surface area contributed by atoms with E-state index in [2.05, 4.69) is 60.6 Å². The van der Waals surface area contributed by atoms with Crippen LogP contribution in [0, 0.1) is 0 Å². The van der Waals surface area contributed by atoms with E-state index in [1.165, 1.54) is 6.04 Å². The quantitative estimate of drug-likeness (QED) is 0.432. The van der Waals surface area contributed by atoms with Crippen LogP contribution in [0.2, 0.25) is 22.7 Å². The van der Waals surface area contributed by atoms with E-state index in [4.69, 9.17) is 0 Å². The Hall–Kier alpha value is -0.0431. The summed E-state index contributed by atoms with van der Waals surface area (Å²) in [4.78, 5) is 0. The van der Waals surface area contributed by atoms with Crippen molar-refractivity contribution in [2.24, 2.45) is 0 Å². The molecular weight excluding hydrogens is 184 g/mol. The first kappa shape index (κ1) is 14.0. The molecule has 0 radical (unpaired) electrons. The second-order valence-corrected chi connectivity index (χ2v) is 11.4. The molecule has 0 nitrogen and oxygen atoms in total. The number of hydrogen-bond acceptors (Lipinski definition) is 0. The summed E-state index contributed by atoms with van der Waals surface area (Å²) in [5, 5.41) is 0. The van der Waals surface area contributed by atoms with Gasteiger partial charge in [-0.05, 0) is 13.0 Å². The fraction of sp³-hybridized carbons (Fsp3) is 0.846. The average Bonchev–Trinajstić information content (AvgIpc) is 2.03. The van der Waals surface area contributed by atoms with Crippen molar-refractivity contribution in [2.75, 3.05) is 0 Å². The minimum Gasteiger partial charge on any atom is -0.0919 e. The molecule has 14 heavy (non-hydrogen) atoms. The van der Waals surface area contributed by atoms with Gasteiger partial charge in [-0.15, -0.1) is 0 Å².